The maximum absolute atomic E-state index is 11.6. The van der Waals surface area contributed by atoms with E-state index in [0.29, 0.717) is 23.5 Å². The van der Waals surface area contributed by atoms with Gasteiger partial charge in [-0.25, -0.2) is 0 Å². The van der Waals surface area contributed by atoms with Crippen LogP contribution in [0.3, 0.4) is 0 Å². The van der Waals surface area contributed by atoms with Gasteiger partial charge in [0.1, 0.15) is 12.4 Å². The molecule has 1 N–H and O–H groups in total. The predicted octanol–water partition coefficient (Wildman–Crippen LogP) is 2.57. The van der Waals surface area contributed by atoms with E-state index in [1.54, 1.807) is 24.3 Å². The third-order valence-corrected chi connectivity index (χ3v) is 3.10. The van der Waals surface area contributed by atoms with Gasteiger partial charge in [0.2, 0.25) is 5.91 Å². The Bertz CT molecular complexity index is 641. The summed E-state index contributed by atoms with van der Waals surface area (Å²) in [6.45, 7) is 6.05. The van der Waals surface area contributed by atoms with Crippen LogP contribution in [0.5, 0.6) is 5.75 Å². The van der Waals surface area contributed by atoms with Crippen LogP contribution in [0.25, 0.3) is 0 Å². The number of fused-ring (bicyclic) bond motifs is 1. The molecule has 108 valence electrons. The maximum atomic E-state index is 11.6. The SMILES string of the molecule is C=C/C(=C\C=C/C)COc1ccc2c(c1)CC(=O)NC2=O. The average molecular weight is 283 g/mol. The van der Waals surface area contributed by atoms with Crippen LogP contribution in [0.1, 0.15) is 22.8 Å². The third-order valence-electron chi connectivity index (χ3n) is 3.10. The lowest BCUT2D eigenvalue weighted by Crippen LogP contribution is -2.37. The minimum atomic E-state index is -0.354. The van der Waals surface area contributed by atoms with Crippen molar-refractivity contribution in [1.82, 2.24) is 5.32 Å². The zero-order valence-corrected chi connectivity index (χ0v) is 11.9. The number of benzene rings is 1. The Hall–Kier alpha value is -2.62. The van der Waals surface area contributed by atoms with Crippen LogP contribution >= 0.6 is 0 Å². The Kier molecular flexibility index (Phi) is 4.72. The van der Waals surface area contributed by atoms with Gasteiger partial charge in [0.05, 0.1) is 6.42 Å². The van der Waals surface area contributed by atoms with Crippen LogP contribution in [0.15, 0.2) is 54.7 Å². The van der Waals surface area contributed by atoms with Crippen molar-refractivity contribution in [2.24, 2.45) is 0 Å². The molecule has 0 aromatic heterocycles. The van der Waals surface area contributed by atoms with E-state index in [0.717, 1.165) is 5.57 Å². The molecule has 4 nitrogen and oxygen atoms in total. The number of amides is 2. The number of rotatable bonds is 5. The lowest BCUT2D eigenvalue weighted by molar-refractivity contribution is -0.119. The summed E-state index contributed by atoms with van der Waals surface area (Å²) in [5, 5.41) is 2.29. The molecule has 0 saturated heterocycles. The molecule has 1 heterocycles. The van der Waals surface area contributed by atoms with Gasteiger partial charge in [-0.3, -0.25) is 14.9 Å². The van der Waals surface area contributed by atoms with E-state index in [-0.39, 0.29) is 18.2 Å². The molecule has 0 fully saturated rings. The van der Waals surface area contributed by atoms with E-state index >= 15 is 0 Å². The van der Waals surface area contributed by atoms with Crippen LogP contribution in [0, 0.1) is 0 Å². The third kappa shape index (κ3) is 3.69. The fourth-order valence-electron chi connectivity index (χ4n) is 2.00. The second-order valence-corrected chi connectivity index (χ2v) is 4.63. The zero-order chi connectivity index (χ0) is 15.2. The molecule has 0 atom stereocenters. The molecule has 1 aromatic carbocycles. The summed E-state index contributed by atoms with van der Waals surface area (Å²) >= 11 is 0. The summed E-state index contributed by atoms with van der Waals surface area (Å²) in [6.07, 6.45) is 7.68. The highest BCUT2D eigenvalue weighted by molar-refractivity contribution is 6.09. The highest BCUT2D eigenvalue weighted by Crippen LogP contribution is 2.21. The molecule has 21 heavy (non-hydrogen) atoms. The van der Waals surface area contributed by atoms with Crippen molar-refractivity contribution in [3.8, 4) is 5.75 Å². The summed E-state index contributed by atoms with van der Waals surface area (Å²) in [6, 6.07) is 5.14. The van der Waals surface area contributed by atoms with Gasteiger partial charge in [-0.2, -0.15) is 0 Å². The van der Waals surface area contributed by atoms with Gasteiger partial charge in [0.15, 0.2) is 0 Å². The van der Waals surface area contributed by atoms with E-state index in [1.165, 1.54) is 0 Å². The van der Waals surface area contributed by atoms with E-state index in [4.69, 9.17) is 4.74 Å². The van der Waals surface area contributed by atoms with Crippen LogP contribution in [-0.4, -0.2) is 18.4 Å². The highest BCUT2D eigenvalue weighted by Gasteiger charge is 2.22. The number of nitrogens with one attached hydrogen (secondary N) is 1. The molecule has 2 rings (SSSR count). The molecule has 0 spiro atoms. The van der Waals surface area contributed by atoms with E-state index in [1.807, 2.05) is 25.2 Å². The summed E-state index contributed by atoms with van der Waals surface area (Å²) in [5.74, 6) is -0.0125. The number of hydrogen-bond acceptors (Lipinski definition) is 3. The summed E-state index contributed by atoms with van der Waals surface area (Å²) in [4.78, 5) is 23.0. The monoisotopic (exact) mass is 283 g/mol. The Balaban J connectivity index is 2.12. The molecule has 2 amide bonds. The molecular formula is C17H17NO3. The van der Waals surface area contributed by atoms with Crippen LogP contribution in [0.2, 0.25) is 0 Å². The van der Waals surface area contributed by atoms with Gasteiger partial charge < -0.3 is 4.74 Å². The molecule has 4 heteroatoms. The number of carbonyl (C=O) groups excluding carboxylic acids is 2. The molecular weight excluding hydrogens is 266 g/mol. The molecule has 0 bridgehead atoms. The molecule has 1 aliphatic rings. The largest absolute Gasteiger partial charge is 0.489 e. The van der Waals surface area contributed by atoms with Gasteiger partial charge in [0, 0.05) is 5.56 Å². The Morgan fingerprint density at radius 2 is 2.24 bits per heavy atom. The lowest BCUT2D eigenvalue weighted by atomic mass is 10.00. The van der Waals surface area contributed by atoms with Crippen LogP contribution in [-0.2, 0) is 11.2 Å². The highest BCUT2D eigenvalue weighted by atomic mass is 16.5. The summed E-state index contributed by atoms with van der Waals surface area (Å²) in [7, 11) is 0. The second kappa shape index (κ2) is 6.70. The topological polar surface area (TPSA) is 55.4 Å². The maximum Gasteiger partial charge on any atom is 0.258 e. The van der Waals surface area contributed by atoms with Crippen LogP contribution in [0.4, 0.5) is 0 Å². The first-order valence-electron chi connectivity index (χ1n) is 6.68. The number of hydrogen-bond donors (Lipinski definition) is 1. The molecule has 0 saturated carbocycles. The number of ether oxygens (including phenoxy) is 1. The fraction of sp³-hybridized carbons (Fsp3) is 0.176. The zero-order valence-electron chi connectivity index (χ0n) is 11.9. The summed E-state index contributed by atoms with van der Waals surface area (Å²) < 4.78 is 5.68. The number of imide groups is 1. The van der Waals surface area contributed by atoms with E-state index < -0.39 is 0 Å². The minimum Gasteiger partial charge on any atom is -0.489 e. The van der Waals surface area contributed by atoms with Gasteiger partial charge in [-0.1, -0.05) is 30.9 Å². The molecule has 1 aromatic rings. The van der Waals surface area contributed by atoms with E-state index in [2.05, 4.69) is 11.9 Å². The molecule has 0 aliphatic carbocycles. The molecule has 0 unspecified atom stereocenters. The smallest absolute Gasteiger partial charge is 0.258 e. The van der Waals surface area contributed by atoms with Crippen molar-refractivity contribution in [2.45, 2.75) is 13.3 Å². The van der Waals surface area contributed by atoms with Gasteiger partial charge in [-0.15, -0.1) is 0 Å². The Morgan fingerprint density at radius 3 is 2.95 bits per heavy atom. The van der Waals surface area contributed by atoms with Crippen molar-refractivity contribution in [3.63, 3.8) is 0 Å². The fourth-order valence-corrected chi connectivity index (χ4v) is 2.00. The van der Waals surface area contributed by atoms with Gasteiger partial charge in [0.25, 0.3) is 5.91 Å². The molecule has 1 aliphatic heterocycles. The first-order chi connectivity index (χ1) is 10.1. The van der Waals surface area contributed by atoms with Crippen molar-refractivity contribution >= 4 is 11.8 Å². The average Bonchev–Trinajstić information content (AvgIpc) is 2.47. The van der Waals surface area contributed by atoms with Crippen molar-refractivity contribution in [1.29, 1.82) is 0 Å². The number of allylic oxidation sites excluding steroid dienone is 3. The lowest BCUT2D eigenvalue weighted by Gasteiger charge is -2.16. The summed E-state index contributed by atoms with van der Waals surface area (Å²) in [5.41, 5.74) is 2.16. The quantitative estimate of drug-likeness (QED) is 0.667. The van der Waals surface area contributed by atoms with Crippen molar-refractivity contribution in [3.05, 3.63) is 65.8 Å². The van der Waals surface area contributed by atoms with Crippen LogP contribution < -0.4 is 10.1 Å². The molecule has 0 radical (unpaired) electrons. The normalized spacial score (nSPS) is 14.8. The van der Waals surface area contributed by atoms with Gasteiger partial charge in [-0.05, 0) is 36.3 Å². The van der Waals surface area contributed by atoms with Gasteiger partial charge >= 0.3 is 0 Å². The standard InChI is InChI=1S/C17H17NO3/c1-3-5-6-12(4-2)11-21-14-7-8-15-13(9-14)10-16(19)18-17(15)20/h3-9H,2,10-11H2,1H3,(H,18,19,20)/b5-3-,12-6+. The number of carbonyl (C=O) groups is 2. The second-order valence-electron chi connectivity index (χ2n) is 4.63. The predicted molar refractivity (Wildman–Crippen MR) is 81.2 cm³/mol. The minimum absolute atomic E-state index is 0.195. The van der Waals surface area contributed by atoms with E-state index in [9.17, 15) is 9.59 Å². The first-order valence-corrected chi connectivity index (χ1v) is 6.68. The first kappa shape index (κ1) is 14.8. The van der Waals surface area contributed by atoms with Crippen molar-refractivity contribution < 1.29 is 14.3 Å². The van der Waals surface area contributed by atoms with Crippen molar-refractivity contribution in [2.75, 3.05) is 6.61 Å². The Labute approximate surface area is 123 Å². The Morgan fingerprint density at radius 1 is 1.43 bits per heavy atom.